The highest BCUT2D eigenvalue weighted by Crippen LogP contribution is 2.19. The molecule has 0 aliphatic rings. The minimum absolute atomic E-state index is 0. The lowest BCUT2D eigenvalue weighted by Gasteiger charge is -2.31. The van der Waals surface area contributed by atoms with Crippen LogP contribution in [-0.4, -0.2) is 29.4 Å². The average molecular weight is 586 g/mol. The van der Waals surface area contributed by atoms with Crippen LogP contribution in [0.4, 0.5) is 0 Å². The van der Waals surface area contributed by atoms with Crippen molar-refractivity contribution in [1.82, 2.24) is 0 Å². The van der Waals surface area contributed by atoms with Crippen LogP contribution >= 0.6 is 0 Å². The molecule has 0 unspecified atom stereocenters. The molecular formula is C36H72ClNO2. The molecule has 0 heterocycles. The number of carbonyl (C=O) groups is 2. The summed E-state index contributed by atoms with van der Waals surface area (Å²) >= 11 is 0. The van der Waals surface area contributed by atoms with Gasteiger partial charge in [0.25, 0.3) is 0 Å². The minimum Gasteiger partial charge on any atom is -1.00 e. The van der Waals surface area contributed by atoms with Gasteiger partial charge in [0.15, 0.2) is 0 Å². The Bertz CT molecular complexity index is 503. The zero-order valence-corrected chi connectivity index (χ0v) is 28.6. The molecule has 0 rings (SSSR count). The van der Waals surface area contributed by atoms with E-state index in [4.69, 9.17) is 0 Å². The third-order valence-electron chi connectivity index (χ3n) is 9.02. The first-order chi connectivity index (χ1) is 19.1. The van der Waals surface area contributed by atoms with Gasteiger partial charge in [0.2, 0.25) is 0 Å². The van der Waals surface area contributed by atoms with Crippen LogP contribution in [-0.2, 0) is 9.59 Å². The number of amides is 2. The fourth-order valence-electron chi connectivity index (χ4n) is 6.08. The van der Waals surface area contributed by atoms with Gasteiger partial charge in [-0.1, -0.05) is 168 Å². The van der Waals surface area contributed by atoms with Crippen LogP contribution in [0.2, 0.25) is 0 Å². The summed E-state index contributed by atoms with van der Waals surface area (Å²) in [4.78, 5) is 26.3. The molecule has 0 N–H and O–H groups in total. The van der Waals surface area contributed by atoms with Gasteiger partial charge in [0.05, 0.1) is 25.9 Å². The van der Waals surface area contributed by atoms with Crippen LogP contribution in [0, 0.1) is 0 Å². The van der Waals surface area contributed by atoms with Crippen molar-refractivity contribution in [3.05, 3.63) is 0 Å². The third-order valence-corrected chi connectivity index (χ3v) is 9.02. The number of imide groups is 1. The van der Waals surface area contributed by atoms with Gasteiger partial charge < -0.3 is 12.4 Å². The molecule has 4 heteroatoms. The smallest absolute Gasteiger partial charge is 0.321 e. The summed E-state index contributed by atoms with van der Waals surface area (Å²) in [5, 5.41) is 0. The Labute approximate surface area is 258 Å². The van der Waals surface area contributed by atoms with Crippen molar-refractivity contribution >= 4 is 11.8 Å². The Hall–Kier alpha value is -0.410. The van der Waals surface area contributed by atoms with Gasteiger partial charge in [0, 0.05) is 0 Å². The fourth-order valence-corrected chi connectivity index (χ4v) is 6.08. The Kier molecular flexibility index (Phi) is 32.9. The molecule has 240 valence electrons. The average Bonchev–Trinajstić information content (AvgIpc) is 2.94. The normalized spacial score (nSPS) is 11.5. The van der Waals surface area contributed by atoms with Gasteiger partial charge in [-0.15, -0.1) is 0 Å². The van der Waals surface area contributed by atoms with E-state index in [0.29, 0.717) is 25.9 Å². The van der Waals surface area contributed by atoms with E-state index < -0.39 is 0 Å². The minimum atomic E-state index is 0. The van der Waals surface area contributed by atoms with E-state index >= 15 is 0 Å². The molecule has 0 bridgehead atoms. The SMILES string of the molecule is CCCCCCCCCCCCCCCC(=O)[N+](CC)(CC)C(=O)CCCCCCCCCCCCCCC.[Cl-]. The van der Waals surface area contributed by atoms with E-state index in [1.807, 2.05) is 13.8 Å². The molecule has 0 atom stereocenters. The van der Waals surface area contributed by atoms with Gasteiger partial charge in [0.1, 0.15) is 0 Å². The number of hydrogen-bond donors (Lipinski definition) is 0. The Morgan fingerprint density at radius 2 is 0.550 bits per heavy atom. The molecular weight excluding hydrogens is 514 g/mol. The van der Waals surface area contributed by atoms with Crippen molar-refractivity contribution in [3.8, 4) is 0 Å². The maximum Gasteiger partial charge on any atom is 0.321 e. The maximum absolute atomic E-state index is 13.2. The largest absolute Gasteiger partial charge is 1.00 e. The fraction of sp³-hybridized carbons (Fsp3) is 0.944. The summed E-state index contributed by atoms with van der Waals surface area (Å²) in [5.41, 5.74) is 0. The lowest BCUT2D eigenvalue weighted by atomic mass is 10.0. The second-order valence-electron chi connectivity index (χ2n) is 12.4. The van der Waals surface area contributed by atoms with E-state index in [1.54, 1.807) is 0 Å². The molecule has 40 heavy (non-hydrogen) atoms. The highest BCUT2D eigenvalue weighted by Gasteiger charge is 2.39. The van der Waals surface area contributed by atoms with Crippen LogP contribution in [0.5, 0.6) is 0 Å². The molecule has 0 radical (unpaired) electrons. The molecule has 0 aromatic heterocycles. The van der Waals surface area contributed by atoms with Gasteiger partial charge >= 0.3 is 11.8 Å². The molecule has 0 saturated heterocycles. The number of halogens is 1. The number of unbranched alkanes of at least 4 members (excludes halogenated alkanes) is 24. The van der Waals surface area contributed by atoms with E-state index in [0.717, 1.165) is 25.7 Å². The van der Waals surface area contributed by atoms with Crippen molar-refractivity contribution in [2.75, 3.05) is 13.1 Å². The van der Waals surface area contributed by atoms with Crippen LogP contribution < -0.4 is 12.4 Å². The standard InChI is InChI=1S/C36H72NO2.ClH/c1-5-9-11-13-15-17-19-21-23-25-27-29-31-33-35(38)37(7-3,8-4)36(39)34-32-30-28-26-24-22-20-18-16-14-12-10-6-2;/h5-34H2,1-4H3;1H/q+1;/p-1. The zero-order chi connectivity index (χ0) is 28.9. The highest BCUT2D eigenvalue weighted by atomic mass is 35.5. The lowest BCUT2D eigenvalue weighted by molar-refractivity contribution is -0.776. The molecule has 2 amide bonds. The number of rotatable bonds is 30. The number of carbonyl (C=O) groups excluding carboxylic acids is 2. The van der Waals surface area contributed by atoms with Crippen molar-refractivity contribution in [2.45, 2.75) is 207 Å². The Morgan fingerprint density at radius 1 is 0.350 bits per heavy atom. The monoisotopic (exact) mass is 586 g/mol. The number of hydrogen-bond acceptors (Lipinski definition) is 2. The molecule has 0 saturated carbocycles. The predicted octanol–water partition coefficient (Wildman–Crippen LogP) is 8.86. The molecule has 0 spiro atoms. The number of nitrogens with zero attached hydrogens (tertiary/aromatic N) is 1. The van der Waals surface area contributed by atoms with E-state index in [2.05, 4.69) is 13.8 Å². The molecule has 3 nitrogen and oxygen atoms in total. The van der Waals surface area contributed by atoms with Crippen molar-refractivity contribution in [2.24, 2.45) is 0 Å². The summed E-state index contributed by atoms with van der Waals surface area (Å²) in [5.74, 6) is 0.338. The zero-order valence-electron chi connectivity index (χ0n) is 27.9. The van der Waals surface area contributed by atoms with Crippen LogP contribution in [0.1, 0.15) is 207 Å². The summed E-state index contributed by atoms with van der Waals surface area (Å²) in [6.07, 6.45) is 35.3. The van der Waals surface area contributed by atoms with Gasteiger partial charge in [-0.2, -0.15) is 4.48 Å². The lowest BCUT2D eigenvalue weighted by Crippen LogP contribution is -3.00. The maximum atomic E-state index is 13.2. The van der Waals surface area contributed by atoms with Crippen LogP contribution in [0.15, 0.2) is 0 Å². The Balaban J connectivity index is 0. The summed E-state index contributed by atoms with van der Waals surface area (Å²) in [6.45, 7) is 9.83. The second-order valence-corrected chi connectivity index (χ2v) is 12.4. The first kappa shape index (κ1) is 41.7. The number of quaternary nitrogens is 1. The van der Waals surface area contributed by atoms with Gasteiger partial charge in [-0.3, -0.25) is 0 Å². The first-order valence-corrected chi connectivity index (χ1v) is 18.0. The third kappa shape index (κ3) is 22.2. The van der Waals surface area contributed by atoms with Crippen molar-refractivity contribution in [3.63, 3.8) is 0 Å². The van der Waals surface area contributed by atoms with Crippen molar-refractivity contribution in [1.29, 1.82) is 0 Å². The topological polar surface area (TPSA) is 34.1 Å². The molecule has 0 aromatic carbocycles. The molecule has 0 aliphatic heterocycles. The van der Waals surface area contributed by atoms with Crippen LogP contribution in [0.25, 0.3) is 0 Å². The quantitative estimate of drug-likeness (QED) is 0.0623. The van der Waals surface area contributed by atoms with Gasteiger partial charge in [-0.25, -0.2) is 9.59 Å². The van der Waals surface area contributed by atoms with E-state index in [-0.39, 0.29) is 28.7 Å². The van der Waals surface area contributed by atoms with E-state index in [9.17, 15) is 9.59 Å². The molecule has 0 aliphatic carbocycles. The Morgan fingerprint density at radius 3 is 0.750 bits per heavy atom. The first-order valence-electron chi connectivity index (χ1n) is 18.0. The second kappa shape index (κ2) is 31.5. The van der Waals surface area contributed by atoms with E-state index in [1.165, 1.54) is 141 Å². The molecule has 0 fully saturated rings. The van der Waals surface area contributed by atoms with Gasteiger partial charge in [-0.05, 0) is 26.7 Å². The summed E-state index contributed by atoms with van der Waals surface area (Å²) in [7, 11) is 0. The summed E-state index contributed by atoms with van der Waals surface area (Å²) in [6, 6.07) is 0. The van der Waals surface area contributed by atoms with Crippen LogP contribution in [0.3, 0.4) is 0 Å². The summed E-state index contributed by atoms with van der Waals surface area (Å²) < 4.78 is 0.0799. The predicted molar refractivity (Wildman–Crippen MR) is 172 cm³/mol. The highest BCUT2D eigenvalue weighted by molar-refractivity contribution is 5.84. The molecule has 0 aromatic rings. The van der Waals surface area contributed by atoms with Crippen molar-refractivity contribution < 1.29 is 26.5 Å².